The van der Waals surface area contributed by atoms with Crippen LogP contribution < -0.4 is 23.8 Å². The zero-order chi connectivity index (χ0) is 27.7. The highest BCUT2D eigenvalue weighted by molar-refractivity contribution is 6.51. The number of aliphatic hydroxyl groups is 1. The molecule has 0 radical (unpaired) electrons. The molecule has 1 heterocycles. The standard InChI is InChI=1S/C28H25ClFNO7/c1-14-9-18(26(37-4)19(29)10-14)24(32)22-23(15-11-20(35-2)27(38-5)21(12-15)36-3)31(28(34)25(22)33)17-8-6-7-16(30)13-17/h6-13,23,32H,1-5H3/b24-22+. The Kier molecular flexibility index (Phi) is 7.50. The third kappa shape index (κ3) is 4.50. The molecule has 1 fully saturated rings. The van der Waals surface area contributed by atoms with E-state index in [1.807, 2.05) is 0 Å². The summed E-state index contributed by atoms with van der Waals surface area (Å²) in [6.45, 7) is 1.75. The maximum atomic E-state index is 14.2. The predicted molar refractivity (Wildman–Crippen MR) is 140 cm³/mol. The van der Waals surface area contributed by atoms with Crippen molar-refractivity contribution in [3.05, 3.63) is 81.6 Å². The molecule has 3 aromatic rings. The lowest BCUT2D eigenvalue weighted by molar-refractivity contribution is -0.132. The molecule has 8 nitrogen and oxygen atoms in total. The van der Waals surface area contributed by atoms with Crippen molar-refractivity contribution in [2.45, 2.75) is 13.0 Å². The molecule has 0 bridgehead atoms. The molecule has 0 aromatic heterocycles. The van der Waals surface area contributed by atoms with Gasteiger partial charge >= 0.3 is 0 Å². The Morgan fingerprint density at radius 1 is 0.921 bits per heavy atom. The number of carbonyl (C=O) groups excluding carboxylic acids is 2. The first-order valence-corrected chi connectivity index (χ1v) is 11.8. The number of halogens is 2. The summed E-state index contributed by atoms with van der Waals surface area (Å²) in [5, 5.41) is 11.8. The first kappa shape index (κ1) is 26.8. The van der Waals surface area contributed by atoms with Crippen LogP contribution in [-0.2, 0) is 9.59 Å². The molecular formula is C28H25ClFNO7. The van der Waals surface area contributed by atoms with Gasteiger partial charge in [-0.1, -0.05) is 17.7 Å². The average molecular weight is 542 g/mol. The normalized spacial score (nSPS) is 16.5. The van der Waals surface area contributed by atoms with E-state index in [1.165, 1.54) is 46.6 Å². The Labute approximate surface area is 223 Å². The van der Waals surface area contributed by atoms with Gasteiger partial charge in [-0.05, 0) is 60.5 Å². The average Bonchev–Trinajstić information content (AvgIpc) is 3.17. The molecule has 1 unspecified atom stereocenters. The lowest BCUT2D eigenvalue weighted by Gasteiger charge is -2.27. The highest BCUT2D eigenvalue weighted by Crippen LogP contribution is 2.48. The van der Waals surface area contributed by atoms with Crippen LogP contribution in [0, 0.1) is 12.7 Å². The van der Waals surface area contributed by atoms with Crippen LogP contribution in [-0.4, -0.2) is 45.2 Å². The molecule has 1 amide bonds. The van der Waals surface area contributed by atoms with Gasteiger partial charge in [-0.15, -0.1) is 0 Å². The molecule has 198 valence electrons. The van der Waals surface area contributed by atoms with Crippen molar-refractivity contribution in [3.63, 3.8) is 0 Å². The van der Waals surface area contributed by atoms with Gasteiger partial charge < -0.3 is 24.1 Å². The van der Waals surface area contributed by atoms with Crippen molar-refractivity contribution < 1.29 is 38.0 Å². The van der Waals surface area contributed by atoms with Gasteiger partial charge in [0.05, 0.1) is 50.6 Å². The molecule has 38 heavy (non-hydrogen) atoms. The van der Waals surface area contributed by atoms with E-state index in [0.29, 0.717) is 11.1 Å². The van der Waals surface area contributed by atoms with Crippen LogP contribution in [0.4, 0.5) is 10.1 Å². The molecule has 1 atom stereocenters. The largest absolute Gasteiger partial charge is 0.507 e. The van der Waals surface area contributed by atoms with E-state index in [-0.39, 0.29) is 44.8 Å². The summed E-state index contributed by atoms with van der Waals surface area (Å²) in [6, 6.07) is 10.4. The van der Waals surface area contributed by atoms with E-state index in [2.05, 4.69) is 0 Å². The Morgan fingerprint density at radius 2 is 1.55 bits per heavy atom. The number of aryl methyl sites for hydroxylation is 1. The number of amides is 1. The molecule has 1 aliphatic heterocycles. The predicted octanol–water partition coefficient (Wildman–Crippen LogP) is 5.45. The van der Waals surface area contributed by atoms with E-state index in [0.717, 1.165) is 11.0 Å². The molecule has 0 spiro atoms. The maximum Gasteiger partial charge on any atom is 0.300 e. The lowest BCUT2D eigenvalue weighted by atomic mass is 9.93. The highest BCUT2D eigenvalue weighted by atomic mass is 35.5. The van der Waals surface area contributed by atoms with Crippen molar-refractivity contribution >= 4 is 34.7 Å². The summed E-state index contributed by atoms with van der Waals surface area (Å²) in [4.78, 5) is 28.1. The van der Waals surface area contributed by atoms with E-state index in [9.17, 15) is 19.1 Å². The number of methoxy groups -OCH3 is 4. The van der Waals surface area contributed by atoms with Crippen LogP contribution in [0.2, 0.25) is 5.02 Å². The molecule has 3 aromatic carbocycles. The van der Waals surface area contributed by atoms with Gasteiger partial charge in [0.15, 0.2) is 11.5 Å². The molecule has 1 saturated heterocycles. The Bertz CT molecular complexity index is 1440. The number of hydrogen-bond acceptors (Lipinski definition) is 7. The highest BCUT2D eigenvalue weighted by Gasteiger charge is 2.48. The number of nitrogens with zero attached hydrogens (tertiary/aromatic N) is 1. The molecule has 10 heteroatoms. The first-order chi connectivity index (χ1) is 18.2. The maximum absolute atomic E-state index is 14.2. The molecule has 0 aliphatic carbocycles. The van der Waals surface area contributed by atoms with Crippen LogP contribution in [0.1, 0.15) is 22.7 Å². The van der Waals surface area contributed by atoms with Crippen molar-refractivity contribution in [2.75, 3.05) is 33.3 Å². The monoisotopic (exact) mass is 541 g/mol. The minimum absolute atomic E-state index is 0.110. The van der Waals surface area contributed by atoms with E-state index >= 15 is 0 Å². The number of rotatable bonds is 7. The fourth-order valence-electron chi connectivity index (χ4n) is 4.56. The number of benzene rings is 3. The Hall–Kier alpha value is -4.24. The Morgan fingerprint density at radius 3 is 2.11 bits per heavy atom. The number of aliphatic hydroxyl groups excluding tert-OH is 1. The van der Waals surface area contributed by atoms with Crippen molar-refractivity contribution in [1.29, 1.82) is 0 Å². The van der Waals surface area contributed by atoms with Crippen LogP contribution in [0.25, 0.3) is 5.76 Å². The van der Waals surface area contributed by atoms with Crippen LogP contribution in [0.3, 0.4) is 0 Å². The van der Waals surface area contributed by atoms with Crippen molar-refractivity contribution in [2.24, 2.45) is 0 Å². The van der Waals surface area contributed by atoms with Gasteiger partial charge in [0.25, 0.3) is 11.7 Å². The smallest absolute Gasteiger partial charge is 0.300 e. The Balaban J connectivity index is 2.08. The van der Waals surface area contributed by atoms with Gasteiger partial charge in [0.1, 0.15) is 17.3 Å². The summed E-state index contributed by atoms with van der Waals surface area (Å²) in [5.41, 5.74) is 0.989. The topological polar surface area (TPSA) is 94.5 Å². The molecular weight excluding hydrogens is 517 g/mol. The minimum Gasteiger partial charge on any atom is -0.507 e. The van der Waals surface area contributed by atoms with E-state index in [4.69, 9.17) is 30.5 Å². The zero-order valence-electron chi connectivity index (χ0n) is 21.3. The summed E-state index contributed by atoms with van der Waals surface area (Å²) < 4.78 is 36.0. The third-order valence-electron chi connectivity index (χ3n) is 6.18. The van der Waals surface area contributed by atoms with Gasteiger partial charge in [-0.3, -0.25) is 14.5 Å². The second-order valence-electron chi connectivity index (χ2n) is 8.44. The van der Waals surface area contributed by atoms with Crippen molar-refractivity contribution in [3.8, 4) is 23.0 Å². The third-order valence-corrected chi connectivity index (χ3v) is 6.46. The number of anilines is 1. The number of ketones is 1. The molecule has 0 saturated carbocycles. The van der Waals surface area contributed by atoms with Gasteiger partial charge in [-0.25, -0.2) is 4.39 Å². The number of hydrogen-bond donors (Lipinski definition) is 1. The summed E-state index contributed by atoms with van der Waals surface area (Å²) in [5.74, 6) is -2.16. The van der Waals surface area contributed by atoms with E-state index in [1.54, 1.807) is 31.2 Å². The fraction of sp³-hybridized carbons (Fsp3) is 0.214. The van der Waals surface area contributed by atoms with Crippen LogP contribution >= 0.6 is 11.6 Å². The molecule has 1 N–H and O–H groups in total. The van der Waals surface area contributed by atoms with Gasteiger partial charge in [0, 0.05) is 5.69 Å². The van der Waals surface area contributed by atoms with Crippen LogP contribution in [0.15, 0.2) is 54.1 Å². The van der Waals surface area contributed by atoms with Gasteiger partial charge in [0.2, 0.25) is 5.75 Å². The van der Waals surface area contributed by atoms with Gasteiger partial charge in [-0.2, -0.15) is 0 Å². The summed E-state index contributed by atoms with van der Waals surface area (Å²) >= 11 is 6.35. The van der Waals surface area contributed by atoms with E-state index < -0.39 is 29.3 Å². The SMILES string of the molecule is COc1cc(C2/C(=C(\O)c3cc(C)cc(Cl)c3OC)C(=O)C(=O)N2c2cccc(F)c2)cc(OC)c1OC. The fourth-order valence-corrected chi connectivity index (χ4v) is 4.91. The number of carbonyl (C=O) groups is 2. The zero-order valence-corrected chi connectivity index (χ0v) is 22.1. The van der Waals surface area contributed by atoms with Crippen molar-refractivity contribution in [1.82, 2.24) is 0 Å². The second-order valence-corrected chi connectivity index (χ2v) is 8.84. The minimum atomic E-state index is -1.20. The first-order valence-electron chi connectivity index (χ1n) is 11.4. The quantitative estimate of drug-likeness (QED) is 0.241. The molecule has 4 rings (SSSR count). The number of Topliss-reactive ketones (excluding diaryl/α,β-unsaturated/α-hetero) is 1. The summed E-state index contributed by atoms with van der Waals surface area (Å²) in [7, 11) is 5.65. The van der Waals surface area contributed by atoms with Crippen LogP contribution in [0.5, 0.6) is 23.0 Å². The lowest BCUT2D eigenvalue weighted by Crippen LogP contribution is -2.29. The molecule has 1 aliphatic rings. The number of ether oxygens (including phenoxy) is 4. The summed E-state index contributed by atoms with van der Waals surface area (Å²) in [6.07, 6.45) is 0. The second kappa shape index (κ2) is 10.6.